The van der Waals surface area contributed by atoms with E-state index in [1.165, 1.54) is 12.1 Å². The highest BCUT2D eigenvalue weighted by molar-refractivity contribution is 8.03. The van der Waals surface area contributed by atoms with Gasteiger partial charge in [-0.3, -0.25) is 0 Å². The molecule has 0 radical (unpaired) electrons. The number of carbonyl (C=O) groups is 1. The van der Waals surface area contributed by atoms with E-state index in [9.17, 15) is 9.90 Å². The van der Waals surface area contributed by atoms with Gasteiger partial charge in [0.05, 0.1) is 4.90 Å². The summed E-state index contributed by atoms with van der Waals surface area (Å²) in [6, 6.07) is 2.79. The Hall–Kier alpha value is -1.67. The molecule has 1 aromatic rings. The van der Waals surface area contributed by atoms with Crippen molar-refractivity contribution in [1.82, 2.24) is 0 Å². The Kier molecular flexibility index (Phi) is 3.37. The number of aromatic hydroxyl groups is 2. The number of phenolic OH excluding ortho intramolecular Hbond substituents is 2. The van der Waals surface area contributed by atoms with Crippen molar-refractivity contribution >= 4 is 18.0 Å². The first-order chi connectivity index (χ1) is 6.70. The molecule has 5 heteroatoms. The number of carbonyl (C=O) groups excluding carboxylic acids is 1. The summed E-state index contributed by atoms with van der Waals surface area (Å²) in [6.07, 6.45) is 0.783. The lowest BCUT2D eigenvalue weighted by Gasteiger charge is -2.06. The smallest absolute Gasteiger partial charge is 0.172 e. The van der Waals surface area contributed by atoms with E-state index < -0.39 is 0 Å². The molecule has 0 unspecified atom stereocenters. The number of thiocyanates is 1. The molecule has 0 bridgehead atoms. The van der Waals surface area contributed by atoms with Gasteiger partial charge < -0.3 is 15.0 Å². The van der Waals surface area contributed by atoms with Gasteiger partial charge in [0, 0.05) is 6.42 Å². The summed E-state index contributed by atoms with van der Waals surface area (Å²) >= 11 is 0.719. The summed E-state index contributed by atoms with van der Waals surface area (Å²) in [7, 11) is 0. The quantitative estimate of drug-likeness (QED) is 0.340. The van der Waals surface area contributed by atoms with Crippen LogP contribution >= 0.6 is 11.8 Å². The molecular weight excluding hydrogens is 202 g/mol. The largest absolute Gasteiger partial charge is 0.504 e. The molecule has 1 rings (SSSR count). The minimum Gasteiger partial charge on any atom is -0.504 e. The van der Waals surface area contributed by atoms with Crippen LogP contribution in [0.5, 0.6) is 11.5 Å². The van der Waals surface area contributed by atoms with Crippen molar-refractivity contribution in [3.63, 3.8) is 0 Å². The van der Waals surface area contributed by atoms with Crippen molar-refractivity contribution in [2.45, 2.75) is 11.3 Å². The van der Waals surface area contributed by atoms with Crippen molar-refractivity contribution in [1.29, 1.82) is 5.26 Å². The summed E-state index contributed by atoms with van der Waals surface area (Å²) < 4.78 is 0. The summed E-state index contributed by atoms with van der Waals surface area (Å²) in [4.78, 5) is 10.5. The molecule has 0 aliphatic carbocycles. The third kappa shape index (κ3) is 1.98. The minimum atomic E-state index is -0.351. The molecule has 0 aliphatic rings. The Morgan fingerprint density at radius 1 is 1.50 bits per heavy atom. The van der Waals surface area contributed by atoms with Crippen LogP contribution in [0.2, 0.25) is 0 Å². The van der Waals surface area contributed by atoms with Crippen LogP contribution in [0.4, 0.5) is 0 Å². The maximum absolute atomic E-state index is 10.3. The minimum absolute atomic E-state index is 0.109. The molecule has 0 heterocycles. The molecule has 0 aromatic heterocycles. The number of benzene rings is 1. The Morgan fingerprint density at radius 3 is 2.79 bits per heavy atom. The van der Waals surface area contributed by atoms with Crippen molar-refractivity contribution in [2.75, 3.05) is 0 Å². The fourth-order valence-corrected chi connectivity index (χ4v) is 1.59. The van der Waals surface area contributed by atoms with Gasteiger partial charge in [0.2, 0.25) is 0 Å². The predicted molar refractivity (Wildman–Crippen MR) is 51.0 cm³/mol. The molecule has 0 aliphatic heterocycles. The molecule has 14 heavy (non-hydrogen) atoms. The zero-order valence-electron chi connectivity index (χ0n) is 7.10. The molecule has 72 valence electrons. The van der Waals surface area contributed by atoms with Crippen LogP contribution in [0.1, 0.15) is 5.56 Å². The van der Waals surface area contributed by atoms with Crippen LogP contribution in [0.25, 0.3) is 0 Å². The first-order valence-corrected chi connectivity index (χ1v) is 4.55. The zero-order valence-corrected chi connectivity index (χ0v) is 7.91. The third-order valence-electron chi connectivity index (χ3n) is 1.64. The summed E-state index contributed by atoms with van der Waals surface area (Å²) in [5.74, 6) is -0.645. The van der Waals surface area contributed by atoms with Gasteiger partial charge in [0.1, 0.15) is 11.7 Å². The van der Waals surface area contributed by atoms with Crippen LogP contribution in [-0.4, -0.2) is 16.5 Å². The first kappa shape index (κ1) is 10.4. The van der Waals surface area contributed by atoms with E-state index in [0.717, 1.165) is 11.8 Å². The van der Waals surface area contributed by atoms with Crippen molar-refractivity contribution in [3.05, 3.63) is 17.7 Å². The molecule has 1 aromatic carbocycles. The maximum Gasteiger partial charge on any atom is 0.172 e. The highest BCUT2D eigenvalue weighted by Gasteiger charge is 2.12. The van der Waals surface area contributed by atoms with Gasteiger partial charge in [-0.25, -0.2) is 0 Å². The van der Waals surface area contributed by atoms with Crippen LogP contribution in [0.15, 0.2) is 17.0 Å². The number of rotatable bonds is 3. The normalized spacial score (nSPS) is 9.36. The van der Waals surface area contributed by atoms with E-state index in [0.29, 0.717) is 11.8 Å². The van der Waals surface area contributed by atoms with E-state index in [-0.39, 0.29) is 22.8 Å². The Balaban J connectivity index is 3.23. The van der Waals surface area contributed by atoms with E-state index in [2.05, 4.69) is 0 Å². The van der Waals surface area contributed by atoms with E-state index in [1.807, 2.05) is 0 Å². The lowest BCUT2D eigenvalue weighted by Crippen LogP contribution is -1.89. The topological polar surface area (TPSA) is 81.3 Å². The monoisotopic (exact) mass is 209 g/mol. The fraction of sp³-hybridized carbons (Fsp3) is 0.111. The highest BCUT2D eigenvalue weighted by Crippen LogP contribution is 2.38. The molecule has 0 fully saturated rings. The zero-order chi connectivity index (χ0) is 10.6. The fourth-order valence-electron chi connectivity index (χ4n) is 1.01. The van der Waals surface area contributed by atoms with Crippen molar-refractivity contribution in [2.24, 2.45) is 0 Å². The molecule has 0 saturated heterocycles. The van der Waals surface area contributed by atoms with Crippen LogP contribution in [0.3, 0.4) is 0 Å². The van der Waals surface area contributed by atoms with E-state index >= 15 is 0 Å². The second-order valence-electron chi connectivity index (χ2n) is 2.49. The number of aldehydes is 1. The van der Waals surface area contributed by atoms with Gasteiger partial charge in [-0.1, -0.05) is 6.07 Å². The average molecular weight is 209 g/mol. The Bertz CT molecular complexity index is 398. The lowest BCUT2D eigenvalue weighted by atomic mass is 10.1. The highest BCUT2D eigenvalue weighted by atomic mass is 32.2. The summed E-state index contributed by atoms with van der Waals surface area (Å²) in [5, 5.41) is 28.8. The summed E-state index contributed by atoms with van der Waals surface area (Å²) in [6.45, 7) is 0. The molecule has 2 N–H and O–H groups in total. The third-order valence-corrected chi connectivity index (χ3v) is 2.39. The lowest BCUT2D eigenvalue weighted by molar-refractivity contribution is -0.107. The number of thioether (sulfide) groups is 1. The average Bonchev–Trinajstić information content (AvgIpc) is 2.18. The molecule has 0 amide bonds. The van der Waals surface area contributed by atoms with Gasteiger partial charge in [0.15, 0.2) is 11.5 Å². The standard InChI is InChI=1S/C9H7NO3S/c10-5-14-9-6(3-4-11)1-2-7(12)8(9)13/h1-2,4,12-13H,3H2. The second kappa shape index (κ2) is 4.53. The van der Waals surface area contributed by atoms with Gasteiger partial charge >= 0.3 is 0 Å². The first-order valence-electron chi connectivity index (χ1n) is 3.74. The second-order valence-corrected chi connectivity index (χ2v) is 3.28. The molecular formula is C9H7NO3S. The predicted octanol–water partition coefficient (Wildman–Crippen LogP) is 1.41. The molecule has 0 spiro atoms. The number of nitriles is 1. The van der Waals surface area contributed by atoms with Gasteiger partial charge in [-0.05, 0) is 23.4 Å². The molecule has 0 saturated carbocycles. The van der Waals surface area contributed by atoms with Crippen LogP contribution < -0.4 is 0 Å². The van der Waals surface area contributed by atoms with Gasteiger partial charge in [-0.2, -0.15) is 5.26 Å². The Morgan fingerprint density at radius 2 is 2.21 bits per heavy atom. The van der Waals surface area contributed by atoms with Crippen molar-refractivity contribution in [3.8, 4) is 16.9 Å². The Labute approximate surface area is 84.8 Å². The number of hydrogen-bond donors (Lipinski definition) is 2. The SMILES string of the molecule is N#CSc1c(CC=O)ccc(O)c1O. The number of phenols is 2. The van der Waals surface area contributed by atoms with E-state index in [4.69, 9.17) is 10.4 Å². The molecule has 0 atom stereocenters. The van der Waals surface area contributed by atoms with Crippen molar-refractivity contribution < 1.29 is 15.0 Å². The van der Waals surface area contributed by atoms with Gasteiger partial charge in [-0.15, -0.1) is 0 Å². The molecule has 4 nitrogen and oxygen atoms in total. The van der Waals surface area contributed by atoms with Crippen LogP contribution in [0, 0.1) is 10.7 Å². The van der Waals surface area contributed by atoms with Crippen LogP contribution in [-0.2, 0) is 11.2 Å². The van der Waals surface area contributed by atoms with E-state index in [1.54, 1.807) is 5.40 Å². The van der Waals surface area contributed by atoms with Gasteiger partial charge in [0.25, 0.3) is 0 Å². The summed E-state index contributed by atoms with van der Waals surface area (Å²) in [5.41, 5.74) is 0.529. The maximum atomic E-state index is 10.3. The number of nitrogens with zero attached hydrogens (tertiary/aromatic N) is 1. The number of hydrogen-bond acceptors (Lipinski definition) is 5.